The molecule has 156 valence electrons. The van der Waals surface area contributed by atoms with Gasteiger partial charge in [-0.15, -0.1) is 0 Å². The van der Waals surface area contributed by atoms with Crippen LogP contribution in [0.25, 0.3) is 22.2 Å². The van der Waals surface area contributed by atoms with Crippen molar-refractivity contribution in [2.24, 2.45) is 0 Å². The molecular formula is C25H24N4O2. The zero-order valence-corrected chi connectivity index (χ0v) is 17.7. The second kappa shape index (κ2) is 7.87. The van der Waals surface area contributed by atoms with Crippen LogP contribution in [0.15, 0.2) is 54.7 Å². The standard InChI is InChI=1S/C25H24N4O2/c1-16-27-22-8-7-19(13-23(22)28-16)18-6-5-17-4-3-11-29(15-21(17)12-18)25(30)20-9-10-26-24(14-20)31-2/h5-10,12-14H,3-4,11,15H2,1-2H3,(H,27,28). The number of methoxy groups -OCH3 is 1. The van der Waals surface area contributed by atoms with E-state index in [-0.39, 0.29) is 5.91 Å². The highest BCUT2D eigenvalue weighted by atomic mass is 16.5. The SMILES string of the molecule is COc1cc(C(=O)N2CCCc3ccc(-c4ccc5nc(C)[nH]c5c4)cc3C2)ccn1. The molecule has 0 unspecified atom stereocenters. The maximum atomic E-state index is 13.2. The number of aromatic nitrogens is 3. The lowest BCUT2D eigenvalue weighted by molar-refractivity contribution is 0.0745. The van der Waals surface area contributed by atoms with Crippen LogP contribution in [0.5, 0.6) is 5.88 Å². The lowest BCUT2D eigenvalue weighted by atomic mass is 9.97. The van der Waals surface area contributed by atoms with Gasteiger partial charge in [-0.3, -0.25) is 4.79 Å². The molecule has 2 aromatic heterocycles. The summed E-state index contributed by atoms with van der Waals surface area (Å²) < 4.78 is 5.18. The number of aryl methyl sites for hydroxylation is 2. The van der Waals surface area contributed by atoms with Crippen LogP contribution < -0.4 is 4.74 Å². The van der Waals surface area contributed by atoms with E-state index in [1.54, 1.807) is 25.4 Å². The van der Waals surface area contributed by atoms with E-state index in [2.05, 4.69) is 45.3 Å². The van der Waals surface area contributed by atoms with Gasteiger partial charge in [0, 0.05) is 30.9 Å². The van der Waals surface area contributed by atoms with Crippen molar-refractivity contribution in [3.05, 3.63) is 77.2 Å². The average molecular weight is 412 g/mol. The first-order chi connectivity index (χ1) is 15.1. The van der Waals surface area contributed by atoms with Gasteiger partial charge in [0.05, 0.1) is 18.1 Å². The highest BCUT2D eigenvalue weighted by Crippen LogP contribution is 2.28. The Morgan fingerprint density at radius 1 is 1.06 bits per heavy atom. The van der Waals surface area contributed by atoms with Gasteiger partial charge < -0.3 is 14.6 Å². The highest BCUT2D eigenvalue weighted by Gasteiger charge is 2.21. The molecule has 5 rings (SSSR count). The number of hydrogen-bond acceptors (Lipinski definition) is 4. The van der Waals surface area contributed by atoms with Crippen molar-refractivity contribution in [2.45, 2.75) is 26.3 Å². The number of carbonyl (C=O) groups is 1. The Labute approximate surface area is 180 Å². The molecule has 0 radical (unpaired) electrons. The van der Waals surface area contributed by atoms with Crippen molar-refractivity contribution in [3.63, 3.8) is 0 Å². The summed E-state index contributed by atoms with van der Waals surface area (Å²) in [6, 6.07) is 16.3. The largest absolute Gasteiger partial charge is 0.481 e. The number of fused-ring (bicyclic) bond motifs is 2. The molecule has 6 nitrogen and oxygen atoms in total. The summed E-state index contributed by atoms with van der Waals surface area (Å²) in [5, 5.41) is 0. The fourth-order valence-electron chi connectivity index (χ4n) is 4.27. The molecule has 4 aromatic rings. The lowest BCUT2D eigenvalue weighted by Gasteiger charge is -2.21. The molecule has 0 saturated heterocycles. The number of H-pyrrole nitrogens is 1. The van der Waals surface area contributed by atoms with E-state index in [0.29, 0.717) is 18.0 Å². The maximum absolute atomic E-state index is 13.2. The van der Waals surface area contributed by atoms with E-state index in [9.17, 15) is 4.79 Å². The Hall–Kier alpha value is -3.67. The van der Waals surface area contributed by atoms with Crippen LogP contribution in [-0.4, -0.2) is 39.4 Å². The Morgan fingerprint density at radius 3 is 2.77 bits per heavy atom. The number of benzene rings is 2. The Morgan fingerprint density at radius 2 is 1.90 bits per heavy atom. The van der Waals surface area contributed by atoms with E-state index in [4.69, 9.17) is 4.74 Å². The minimum Gasteiger partial charge on any atom is -0.481 e. The number of pyridine rings is 1. The number of aromatic amines is 1. The molecular weight excluding hydrogens is 388 g/mol. The fraction of sp³-hybridized carbons (Fsp3) is 0.240. The third kappa shape index (κ3) is 3.77. The topological polar surface area (TPSA) is 71.1 Å². The Kier molecular flexibility index (Phi) is 4.90. The molecule has 1 amide bonds. The number of nitrogens with zero attached hydrogens (tertiary/aromatic N) is 3. The van der Waals surface area contributed by atoms with Gasteiger partial charge in [0.1, 0.15) is 5.82 Å². The molecule has 0 aliphatic carbocycles. The van der Waals surface area contributed by atoms with Crippen LogP contribution in [0.1, 0.15) is 33.7 Å². The minimum absolute atomic E-state index is 0.00769. The van der Waals surface area contributed by atoms with Crippen LogP contribution in [-0.2, 0) is 13.0 Å². The zero-order valence-electron chi connectivity index (χ0n) is 17.7. The lowest BCUT2D eigenvalue weighted by Crippen LogP contribution is -2.30. The first kappa shape index (κ1) is 19.3. The predicted octanol–water partition coefficient (Wildman–Crippen LogP) is 4.53. The third-order valence-electron chi connectivity index (χ3n) is 5.85. The van der Waals surface area contributed by atoms with Crippen LogP contribution in [0.4, 0.5) is 0 Å². The summed E-state index contributed by atoms with van der Waals surface area (Å²) in [5.41, 5.74) is 7.41. The smallest absolute Gasteiger partial charge is 0.254 e. The summed E-state index contributed by atoms with van der Waals surface area (Å²) in [7, 11) is 1.56. The van der Waals surface area contributed by atoms with Gasteiger partial charge in [0.25, 0.3) is 5.91 Å². The van der Waals surface area contributed by atoms with Gasteiger partial charge >= 0.3 is 0 Å². The van der Waals surface area contributed by atoms with Crippen molar-refractivity contribution >= 4 is 16.9 Å². The summed E-state index contributed by atoms with van der Waals surface area (Å²) >= 11 is 0. The number of ether oxygens (including phenoxy) is 1. The Bertz CT molecular complexity index is 1280. The van der Waals surface area contributed by atoms with Gasteiger partial charge in [0.2, 0.25) is 5.88 Å². The molecule has 0 atom stereocenters. The zero-order chi connectivity index (χ0) is 21.4. The monoisotopic (exact) mass is 412 g/mol. The van der Waals surface area contributed by atoms with Crippen molar-refractivity contribution in [1.82, 2.24) is 19.9 Å². The van der Waals surface area contributed by atoms with E-state index < -0.39 is 0 Å². The second-order valence-electron chi connectivity index (χ2n) is 7.95. The number of carbonyl (C=O) groups excluding carboxylic acids is 1. The minimum atomic E-state index is 0.00769. The number of imidazole rings is 1. The number of nitrogens with one attached hydrogen (secondary N) is 1. The highest BCUT2D eigenvalue weighted by molar-refractivity contribution is 5.94. The fourth-order valence-corrected chi connectivity index (χ4v) is 4.27. The van der Waals surface area contributed by atoms with Gasteiger partial charge in [-0.1, -0.05) is 18.2 Å². The van der Waals surface area contributed by atoms with E-state index in [1.165, 1.54) is 11.1 Å². The average Bonchev–Trinajstić information content (AvgIpc) is 3.04. The summed E-state index contributed by atoms with van der Waals surface area (Å²) in [4.78, 5) is 27.0. The molecule has 1 N–H and O–H groups in total. The van der Waals surface area contributed by atoms with E-state index in [0.717, 1.165) is 47.4 Å². The molecule has 1 aliphatic rings. The normalized spacial score (nSPS) is 13.7. The van der Waals surface area contributed by atoms with Crippen molar-refractivity contribution in [2.75, 3.05) is 13.7 Å². The molecule has 0 spiro atoms. The summed E-state index contributed by atoms with van der Waals surface area (Å²) in [6.45, 7) is 3.29. The molecule has 3 heterocycles. The van der Waals surface area contributed by atoms with Crippen molar-refractivity contribution in [1.29, 1.82) is 0 Å². The van der Waals surface area contributed by atoms with Gasteiger partial charge in [-0.05, 0) is 66.3 Å². The molecule has 2 aromatic carbocycles. The maximum Gasteiger partial charge on any atom is 0.254 e. The molecule has 6 heteroatoms. The van der Waals surface area contributed by atoms with E-state index >= 15 is 0 Å². The molecule has 0 fully saturated rings. The predicted molar refractivity (Wildman–Crippen MR) is 120 cm³/mol. The Balaban J connectivity index is 1.46. The van der Waals surface area contributed by atoms with Gasteiger partial charge in [-0.25, -0.2) is 9.97 Å². The van der Waals surface area contributed by atoms with Crippen LogP contribution >= 0.6 is 0 Å². The van der Waals surface area contributed by atoms with Crippen molar-refractivity contribution < 1.29 is 9.53 Å². The first-order valence-electron chi connectivity index (χ1n) is 10.5. The van der Waals surface area contributed by atoms with Crippen LogP contribution in [0.2, 0.25) is 0 Å². The van der Waals surface area contributed by atoms with Crippen molar-refractivity contribution in [3.8, 4) is 17.0 Å². The van der Waals surface area contributed by atoms with Gasteiger partial charge in [-0.2, -0.15) is 0 Å². The van der Waals surface area contributed by atoms with Crippen LogP contribution in [0.3, 0.4) is 0 Å². The molecule has 0 bridgehead atoms. The number of amides is 1. The van der Waals surface area contributed by atoms with Crippen LogP contribution in [0, 0.1) is 6.92 Å². The third-order valence-corrected chi connectivity index (χ3v) is 5.85. The first-order valence-corrected chi connectivity index (χ1v) is 10.5. The molecule has 1 aliphatic heterocycles. The van der Waals surface area contributed by atoms with Gasteiger partial charge in [0.15, 0.2) is 0 Å². The number of hydrogen-bond donors (Lipinski definition) is 1. The molecule has 31 heavy (non-hydrogen) atoms. The second-order valence-corrected chi connectivity index (χ2v) is 7.95. The van der Waals surface area contributed by atoms with E-state index in [1.807, 2.05) is 17.9 Å². The number of rotatable bonds is 3. The summed E-state index contributed by atoms with van der Waals surface area (Å²) in [6.07, 6.45) is 3.53. The molecule has 0 saturated carbocycles. The quantitative estimate of drug-likeness (QED) is 0.537. The summed E-state index contributed by atoms with van der Waals surface area (Å²) in [5.74, 6) is 1.37.